The number of hydrogen-bond donors (Lipinski definition) is 0. The first kappa shape index (κ1) is 21.0. The maximum atomic E-state index is 15.0. The molecule has 0 atom stereocenters. The number of oxime groups is 1. The van der Waals surface area contributed by atoms with Crippen molar-refractivity contribution in [3.05, 3.63) is 66.2 Å². The molecule has 2 rings (SSSR count). The number of hydrogen-bond acceptors (Lipinski definition) is 6. The van der Waals surface area contributed by atoms with Gasteiger partial charge in [-0.1, -0.05) is 53.7 Å². The highest BCUT2D eigenvalue weighted by Gasteiger charge is 2.52. The molecule has 2 aromatic carbocycles. The number of benzene rings is 2. The minimum Gasteiger partial charge on any atom is -0.268 e. The van der Waals surface area contributed by atoms with Gasteiger partial charge in [0.2, 0.25) is 9.84 Å². The Morgan fingerprint density at radius 3 is 1.89 bits per heavy atom. The normalized spacial score (nSPS) is 13.6. The van der Waals surface area contributed by atoms with Crippen LogP contribution < -0.4 is 0 Å². The van der Waals surface area contributed by atoms with Crippen molar-refractivity contribution in [1.82, 2.24) is 0 Å². The Morgan fingerprint density at radius 1 is 0.926 bits per heavy atom. The molecule has 0 amide bonds. The average Bonchev–Trinajstić information content (AvgIpc) is 2.63. The van der Waals surface area contributed by atoms with Crippen LogP contribution in [0.4, 0.5) is 8.78 Å². The fraction of sp³-hybridized carbons (Fsp3) is 0.235. The number of sulfone groups is 1. The molecule has 0 N–H and O–H groups in total. The van der Waals surface area contributed by atoms with Gasteiger partial charge in [-0.2, -0.15) is 17.2 Å². The summed E-state index contributed by atoms with van der Waals surface area (Å²) in [5.41, 5.74) is -1.61. The molecule has 146 valence electrons. The summed E-state index contributed by atoms with van der Waals surface area (Å²) in [7, 11) is -9.50. The van der Waals surface area contributed by atoms with Crippen molar-refractivity contribution >= 4 is 25.7 Å². The lowest BCUT2D eigenvalue weighted by Gasteiger charge is -2.19. The average molecular weight is 417 g/mol. The second-order valence-electron chi connectivity index (χ2n) is 5.76. The van der Waals surface area contributed by atoms with Gasteiger partial charge in [0.25, 0.3) is 0 Å². The molecule has 0 saturated carbocycles. The first-order valence-corrected chi connectivity index (χ1v) is 10.7. The van der Waals surface area contributed by atoms with Crippen LogP contribution in [-0.2, 0) is 24.2 Å². The maximum Gasteiger partial charge on any atom is 0.395 e. The van der Waals surface area contributed by atoms with Gasteiger partial charge >= 0.3 is 15.4 Å². The number of rotatable bonds is 7. The summed E-state index contributed by atoms with van der Waals surface area (Å²) in [5.74, 6) is 0. The molecule has 0 saturated heterocycles. The molecule has 0 fully saturated rings. The van der Waals surface area contributed by atoms with Crippen LogP contribution in [-0.4, -0.2) is 33.1 Å². The topological polar surface area (TPSA) is 89.9 Å². The fourth-order valence-electron chi connectivity index (χ4n) is 1.92. The van der Waals surface area contributed by atoms with Crippen LogP contribution in [0.15, 0.2) is 70.7 Å². The molecular weight excluding hydrogens is 400 g/mol. The van der Waals surface area contributed by atoms with Crippen molar-refractivity contribution < 1.29 is 29.9 Å². The molecule has 0 aliphatic carbocycles. The smallest absolute Gasteiger partial charge is 0.268 e. The number of nitrogens with zero attached hydrogens (tertiary/aromatic N) is 1. The van der Waals surface area contributed by atoms with Crippen molar-refractivity contribution in [2.24, 2.45) is 5.16 Å². The van der Waals surface area contributed by atoms with Crippen molar-refractivity contribution in [2.45, 2.75) is 29.2 Å². The molecule has 0 radical (unpaired) electrons. The van der Waals surface area contributed by atoms with Gasteiger partial charge in [0.1, 0.15) is 0 Å². The van der Waals surface area contributed by atoms with Gasteiger partial charge in [0.15, 0.2) is 5.71 Å². The molecule has 10 heteroatoms. The largest absolute Gasteiger partial charge is 0.395 e. The zero-order valence-electron chi connectivity index (χ0n) is 14.4. The van der Waals surface area contributed by atoms with E-state index in [2.05, 4.69) is 9.44 Å². The van der Waals surface area contributed by atoms with Crippen LogP contribution in [0.5, 0.6) is 0 Å². The Labute approximate surface area is 156 Å². The van der Waals surface area contributed by atoms with Crippen LogP contribution in [0, 0.1) is 0 Å². The highest BCUT2D eigenvalue weighted by molar-refractivity contribution is 7.93. The van der Waals surface area contributed by atoms with E-state index in [4.69, 9.17) is 0 Å². The zero-order valence-corrected chi connectivity index (χ0v) is 16.0. The lowest BCUT2D eigenvalue weighted by atomic mass is 10.1. The van der Waals surface area contributed by atoms with Gasteiger partial charge in [-0.15, -0.1) is 0 Å². The molecule has 0 spiro atoms. The summed E-state index contributed by atoms with van der Waals surface area (Å²) in [4.78, 5) is -0.634. The minimum atomic E-state index is -5.21. The molecule has 0 bridgehead atoms. The standard InChI is InChI=1S/C17H17F2NO5S2/c1-13(2)27(23,24)25-20-16(14-9-5-3-6-10-14)17(18,19)26(21,22)15-11-7-4-8-12-15/h3-13H,1-2H3. The number of alkyl halides is 2. The van der Waals surface area contributed by atoms with E-state index in [1.54, 1.807) is 0 Å². The molecule has 6 nitrogen and oxygen atoms in total. The summed E-state index contributed by atoms with van der Waals surface area (Å²) in [6.07, 6.45) is 0. The Kier molecular flexibility index (Phi) is 6.01. The second kappa shape index (κ2) is 7.73. The van der Waals surface area contributed by atoms with Crippen LogP contribution in [0.1, 0.15) is 19.4 Å². The third kappa shape index (κ3) is 4.33. The SMILES string of the molecule is CC(C)S(=O)(=O)ON=C(c1ccccc1)C(F)(F)S(=O)(=O)c1ccccc1. The van der Waals surface area contributed by atoms with E-state index in [0.717, 1.165) is 12.1 Å². The summed E-state index contributed by atoms with van der Waals surface area (Å²) in [6, 6.07) is 12.7. The third-order valence-corrected chi connectivity index (χ3v) is 6.72. The summed E-state index contributed by atoms with van der Waals surface area (Å²) in [6.45, 7) is 2.54. The van der Waals surface area contributed by atoms with E-state index in [-0.39, 0.29) is 5.56 Å². The van der Waals surface area contributed by atoms with Crippen molar-refractivity contribution in [2.75, 3.05) is 0 Å². The van der Waals surface area contributed by atoms with Gasteiger partial charge in [0.05, 0.1) is 10.1 Å². The lowest BCUT2D eigenvalue weighted by molar-refractivity contribution is 0.164. The van der Waals surface area contributed by atoms with Crippen molar-refractivity contribution in [3.8, 4) is 0 Å². The summed E-state index contributed by atoms with van der Waals surface area (Å²) >= 11 is 0. The fourth-order valence-corrected chi connectivity index (χ4v) is 3.49. The van der Waals surface area contributed by atoms with Crippen LogP contribution in [0.25, 0.3) is 0 Å². The Balaban J connectivity index is 2.63. The van der Waals surface area contributed by atoms with Crippen molar-refractivity contribution in [1.29, 1.82) is 0 Å². The van der Waals surface area contributed by atoms with Gasteiger partial charge in [0, 0.05) is 5.56 Å². The van der Waals surface area contributed by atoms with Crippen molar-refractivity contribution in [3.63, 3.8) is 0 Å². The molecule has 2 aromatic rings. The highest BCUT2D eigenvalue weighted by Crippen LogP contribution is 2.33. The predicted octanol–water partition coefficient (Wildman–Crippen LogP) is 3.21. The van der Waals surface area contributed by atoms with E-state index >= 15 is 8.78 Å². The lowest BCUT2D eigenvalue weighted by Crippen LogP contribution is -2.39. The van der Waals surface area contributed by atoms with E-state index in [9.17, 15) is 16.8 Å². The molecule has 0 aromatic heterocycles. The van der Waals surface area contributed by atoms with Crippen LogP contribution >= 0.6 is 0 Å². The van der Waals surface area contributed by atoms with Crippen LogP contribution in [0.3, 0.4) is 0 Å². The van der Waals surface area contributed by atoms with E-state index in [1.807, 2.05) is 0 Å². The zero-order chi connectivity index (χ0) is 20.3. The van der Waals surface area contributed by atoms with Gasteiger partial charge in [-0.25, -0.2) is 8.42 Å². The molecule has 0 aliphatic rings. The first-order valence-electron chi connectivity index (χ1n) is 7.74. The Hall–Kier alpha value is -2.33. The summed E-state index contributed by atoms with van der Waals surface area (Å²) < 4.78 is 82.9. The Morgan fingerprint density at radius 2 is 1.41 bits per heavy atom. The molecule has 27 heavy (non-hydrogen) atoms. The van der Waals surface area contributed by atoms with Crippen LogP contribution in [0.2, 0.25) is 0 Å². The molecule has 0 heterocycles. The third-order valence-electron chi connectivity index (χ3n) is 3.52. The quantitative estimate of drug-likeness (QED) is 0.510. The van der Waals surface area contributed by atoms with E-state index < -0.39 is 41.1 Å². The van der Waals surface area contributed by atoms with Gasteiger partial charge < -0.3 is 0 Å². The Bertz CT molecular complexity index is 1020. The monoisotopic (exact) mass is 417 g/mol. The van der Waals surface area contributed by atoms with Gasteiger partial charge in [-0.3, -0.25) is 4.28 Å². The van der Waals surface area contributed by atoms with E-state index in [1.165, 1.54) is 62.4 Å². The van der Waals surface area contributed by atoms with Gasteiger partial charge in [-0.05, 0) is 26.0 Å². The summed E-state index contributed by atoms with van der Waals surface area (Å²) in [5, 5.41) is -2.55. The highest BCUT2D eigenvalue weighted by atomic mass is 32.2. The predicted molar refractivity (Wildman–Crippen MR) is 96.7 cm³/mol. The molecule has 0 aliphatic heterocycles. The van der Waals surface area contributed by atoms with E-state index in [0.29, 0.717) is 0 Å². The number of halogens is 2. The second-order valence-corrected chi connectivity index (χ2v) is 9.82. The molecular formula is C17H17F2NO5S2. The molecule has 0 unspecified atom stereocenters. The first-order chi connectivity index (χ1) is 12.5. The maximum absolute atomic E-state index is 15.0. The minimum absolute atomic E-state index is 0.291.